The van der Waals surface area contributed by atoms with E-state index < -0.39 is 6.10 Å². The van der Waals surface area contributed by atoms with E-state index in [-0.39, 0.29) is 11.8 Å². The molecule has 0 aliphatic heterocycles. The van der Waals surface area contributed by atoms with Crippen molar-refractivity contribution in [1.82, 2.24) is 5.43 Å². The molecule has 0 aliphatic carbocycles. The van der Waals surface area contributed by atoms with Gasteiger partial charge in [-0.25, -0.2) is 5.84 Å². The molecular formula is C15H23ClN2O2. The number of hydrazine groups is 1. The molecule has 0 saturated heterocycles. The van der Waals surface area contributed by atoms with Crippen molar-refractivity contribution in [1.29, 1.82) is 0 Å². The lowest BCUT2D eigenvalue weighted by Crippen LogP contribution is -2.42. The highest BCUT2D eigenvalue weighted by molar-refractivity contribution is 6.31. The summed E-state index contributed by atoms with van der Waals surface area (Å²) in [4.78, 5) is 11.8. The molecule has 1 unspecified atom stereocenters. The number of aryl methyl sites for hydroxylation is 1. The van der Waals surface area contributed by atoms with Crippen molar-refractivity contribution < 1.29 is 9.53 Å². The van der Waals surface area contributed by atoms with Gasteiger partial charge in [0, 0.05) is 5.02 Å². The van der Waals surface area contributed by atoms with Crippen LogP contribution in [0.4, 0.5) is 0 Å². The number of nitrogens with one attached hydrogen (secondary N) is 1. The summed E-state index contributed by atoms with van der Waals surface area (Å²) in [7, 11) is 0. The predicted octanol–water partition coefficient (Wildman–Crippen LogP) is 3.31. The van der Waals surface area contributed by atoms with E-state index in [4.69, 9.17) is 22.2 Å². The molecule has 0 saturated carbocycles. The van der Waals surface area contributed by atoms with Gasteiger partial charge in [0.1, 0.15) is 5.75 Å². The number of carbonyl (C=O) groups excluding carboxylic acids is 1. The summed E-state index contributed by atoms with van der Waals surface area (Å²) >= 11 is 6.16. The molecule has 0 spiro atoms. The minimum Gasteiger partial charge on any atom is -0.480 e. The normalized spacial score (nSPS) is 12.3. The Morgan fingerprint density at radius 1 is 1.45 bits per heavy atom. The van der Waals surface area contributed by atoms with Crippen molar-refractivity contribution in [3.05, 3.63) is 28.3 Å². The van der Waals surface area contributed by atoms with E-state index in [0.29, 0.717) is 17.2 Å². The van der Waals surface area contributed by atoms with Gasteiger partial charge in [-0.15, -0.1) is 0 Å². The fourth-order valence-corrected chi connectivity index (χ4v) is 2.15. The molecule has 0 heterocycles. The van der Waals surface area contributed by atoms with Gasteiger partial charge in [0.05, 0.1) is 0 Å². The summed E-state index contributed by atoms with van der Waals surface area (Å²) in [6.45, 7) is 8.03. The standard InChI is InChI=1S/C15H23ClN2O2/c1-5-6-13(15(19)18-17)20-14-7-10(4)12(16)8-11(14)9(2)3/h7-9,13H,5-6,17H2,1-4H3,(H,18,19). The van der Waals surface area contributed by atoms with Gasteiger partial charge in [-0.05, 0) is 42.5 Å². The molecule has 1 amide bonds. The van der Waals surface area contributed by atoms with Crippen LogP contribution in [0.5, 0.6) is 5.75 Å². The van der Waals surface area contributed by atoms with Crippen molar-refractivity contribution in [2.45, 2.75) is 52.6 Å². The lowest BCUT2D eigenvalue weighted by molar-refractivity contribution is -0.128. The van der Waals surface area contributed by atoms with Crippen LogP contribution in [0.2, 0.25) is 5.02 Å². The second kappa shape index (κ2) is 7.50. The minimum atomic E-state index is -0.580. The molecule has 5 heteroatoms. The number of hydrogen-bond acceptors (Lipinski definition) is 3. The Bertz CT molecular complexity index is 475. The van der Waals surface area contributed by atoms with Crippen LogP contribution in [0.1, 0.15) is 50.7 Å². The third-order valence-corrected chi connectivity index (χ3v) is 3.58. The summed E-state index contributed by atoms with van der Waals surface area (Å²) in [5.74, 6) is 5.85. The van der Waals surface area contributed by atoms with Crippen LogP contribution < -0.4 is 16.0 Å². The maximum Gasteiger partial charge on any atom is 0.274 e. The van der Waals surface area contributed by atoms with Crippen LogP contribution in [0, 0.1) is 6.92 Å². The van der Waals surface area contributed by atoms with Crippen molar-refractivity contribution in [2.75, 3.05) is 0 Å². The Balaban J connectivity index is 3.10. The van der Waals surface area contributed by atoms with Crippen LogP contribution >= 0.6 is 11.6 Å². The first-order valence-electron chi connectivity index (χ1n) is 6.87. The first kappa shape index (κ1) is 16.8. The van der Waals surface area contributed by atoms with Gasteiger partial charge in [0.2, 0.25) is 0 Å². The number of hydrogen-bond donors (Lipinski definition) is 2. The van der Waals surface area contributed by atoms with Gasteiger partial charge in [-0.3, -0.25) is 10.2 Å². The average Bonchev–Trinajstić information content (AvgIpc) is 2.40. The molecule has 4 nitrogen and oxygen atoms in total. The number of amides is 1. The highest BCUT2D eigenvalue weighted by Crippen LogP contribution is 2.33. The lowest BCUT2D eigenvalue weighted by atomic mass is 10.0. The lowest BCUT2D eigenvalue weighted by Gasteiger charge is -2.21. The molecule has 1 atom stereocenters. The zero-order chi connectivity index (χ0) is 15.3. The Labute approximate surface area is 125 Å². The average molecular weight is 299 g/mol. The molecule has 0 fully saturated rings. The van der Waals surface area contributed by atoms with E-state index in [2.05, 4.69) is 19.3 Å². The van der Waals surface area contributed by atoms with Crippen LogP contribution in [0.3, 0.4) is 0 Å². The Hall–Kier alpha value is -1.26. The van der Waals surface area contributed by atoms with Gasteiger partial charge in [0.15, 0.2) is 6.10 Å². The van der Waals surface area contributed by atoms with E-state index in [1.807, 2.05) is 26.0 Å². The van der Waals surface area contributed by atoms with Crippen LogP contribution in [0.15, 0.2) is 12.1 Å². The van der Waals surface area contributed by atoms with Crippen molar-refractivity contribution in [2.24, 2.45) is 5.84 Å². The summed E-state index contributed by atoms with van der Waals surface area (Å²) in [5.41, 5.74) is 4.07. The fourth-order valence-electron chi connectivity index (χ4n) is 1.98. The summed E-state index contributed by atoms with van der Waals surface area (Å²) < 4.78 is 5.89. The monoisotopic (exact) mass is 298 g/mol. The van der Waals surface area contributed by atoms with Gasteiger partial charge < -0.3 is 4.74 Å². The molecule has 3 N–H and O–H groups in total. The smallest absolute Gasteiger partial charge is 0.274 e. The predicted molar refractivity (Wildman–Crippen MR) is 81.9 cm³/mol. The van der Waals surface area contributed by atoms with Crippen molar-refractivity contribution >= 4 is 17.5 Å². The van der Waals surface area contributed by atoms with Crippen molar-refractivity contribution in [3.63, 3.8) is 0 Å². The first-order chi connectivity index (χ1) is 9.40. The third-order valence-electron chi connectivity index (χ3n) is 3.17. The number of nitrogens with two attached hydrogens (primary N) is 1. The quantitative estimate of drug-likeness (QED) is 0.481. The van der Waals surface area contributed by atoms with E-state index in [9.17, 15) is 4.79 Å². The molecule has 0 bridgehead atoms. The van der Waals surface area contributed by atoms with E-state index in [0.717, 1.165) is 17.5 Å². The number of rotatable bonds is 6. The third kappa shape index (κ3) is 4.12. The molecule has 0 aromatic heterocycles. The molecular weight excluding hydrogens is 276 g/mol. The number of halogens is 1. The molecule has 112 valence electrons. The van der Waals surface area contributed by atoms with Gasteiger partial charge in [-0.2, -0.15) is 0 Å². The van der Waals surface area contributed by atoms with E-state index in [1.54, 1.807) is 0 Å². The molecule has 1 aromatic carbocycles. The summed E-state index contributed by atoms with van der Waals surface area (Å²) in [6.07, 6.45) is 0.868. The van der Waals surface area contributed by atoms with Crippen LogP contribution in [-0.2, 0) is 4.79 Å². The van der Waals surface area contributed by atoms with E-state index in [1.165, 1.54) is 0 Å². The first-order valence-corrected chi connectivity index (χ1v) is 7.25. The second-order valence-corrected chi connectivity index (χ2v) is 5.60. The highest BCUT2D eigenvalue weighted by Gasteiger charge is 2.21. The van der Waals surface area contributed by atoms with Gasteiger partial charge in [0.25, 0.3) is 5.91 Å². The number of carbonyl (C=O) groups is 1. The topological polar surface area (TPSA) is 64.3 Å². The zero-order valence-corrected chi connectivity index (χ0v) is 13.3. The number of benzene rings is 1. The summed E-state index contributed by atoms with van der Waals surface area (Å²) in [5, 5.41) is 0.705. The molecule has 0 aliphatic rings. The molecule has 0 radical (unpaired) electrons. The zero-order valence-electron chi connectivity index (χ0n) is 12.5. The Morgan fingerprint density at radius 3 is 2.60 bits per heavy atom. The largest absolute Gasteiger partial charge is 0.480 e. The molecule has 1 aromatic rings. The highest BCUT2D eigenvalue weighted by atomic mass is 35.5. The molecule has 20 heavy (non-hydrogen) atoms. The molecule has 1 rings (SSSR count). The minimum absolute atomic E-state index is 0.256. The van der Waals surface area contributed by atoms with Crippen LogP contribution in [0.25, 0.3) is 0 Å². The van der Waals surface area contributed by atoms with E-state index >= 15 is 0 Å². The van der Waals surface area contributed by atoms with Crippen molar-refractivity contribution in [3.8, 4) is 5.75 Å². The fraction of sp³-hybridized carbons (Fsp3) is 0.533. The maximum atomic E-state index is 11.8. The Kier molecular flexibility index (Phi) is 6.30. The Morgan fingerprint density at radius 2 is 2.10 bits per heavy atom. The van der Waals surface area contributed by atoms with Crippen LogP contribution in [-0.4, -0.2) is 12.0 Å². The maximum absolute atomic E-state index is 11.8. The SMILES string of the molecule is CCCC(Oc1cc(C)c(Cl)cc1C(C)C)C(=O)NN. The summed E-state index contributed by atoms with van der Waals surface area (Å²) in [6, 6.07) is 3.78. The number of ether oxygens (including phenoxy) is 1. The van der Waals surface area contributed by atoms with Gasteiger partial charge in [-0.1, -0.05) is 38.8 Å². The second-order valence-electron chi connectivity index (χ2n) is 5.20. The van der Waals surface area contributed by atoms with Gasteiger partial charge >= 0.3 is 0 Å².